The third kappa shape index (κ3) is 3.83. The van der Waals surface area contributed by atoms with Gasteiger partial charge in [-0.1, -0.05) is 18.2 Å². The van der Waals surface area contributed by atoms with Gasteiger partial charge in [0.25, 0.3) is 11.5 Å². The highest BCUT2D eigenvalue weighted by Crippen LogP contribution is 2.14. The first-order chi connectivity index (χ1) is 16.5. The number of hydrogen-bond donors (Lipinski definition) is 2. The van der Waals surface area contributed by atoms with E-state index >= 15 is 0 Å². The number of amides is 1. The lowest BCUT2D eigenvalue weighted by atomic mass is 10.1. The van der Waals surface area contributed by atoms with Crippen molar-refractivity contribution in [2.45, 2.75) is 20.0 Å². The van der Waals surface area contributed by atoms with E-state index in [4.69, 9.17) is 10.4 Å². The first-order valence-electron chi connectivity index (χ1n) is 10.7. The first-order valence-corrected chi connectivity index (χ1v) is 10.7. The smallest absolute Gasteiger partial charge is 0.267 e. The van der Waals surface area contributed by atoms with Crippen LogP contribution in [0, 0.1) is 12.3 Å². The zero-order valence-electron chi connectivity index (χ0n) is 18.4. The number of aromatic nitrogens is 5. The highest BCUT2D eigenvalue weighted by molar-refractivity contribution is 5.96. The Morgan fingerprint density at radius 1 is 1.03 bits per heavy atom. The van der Waals surface area contributed by atoms with E-state index in [2.05, 4.69) is 15.3 Å². The average Bonchev–Trinajstić information content (AvgIpc) is 2.86. The third-order valence-electron chi connectivity index (χ3n) is 5.62. The van der Waals surface area contributed by atoms with Crippen molar-refractivity contribution in [2.75, 3.05) is 0 Å². The lowest BCUT2D eigenvalue weighted by Crippen LogP contribution is -2.35. The molecule has 168 valence electrons. The van der Waals surface area contributed by atoms with Gasteiger partial charge < -0.3 is 9.88 Å². The lowest BCUT2D eigenvalue weighted by molar-refractivity contribution is 0.0948. The molecular weight excluding hydrogens is 430 g/mol. The van der Waals surface area contributed by atoms with Gasteiger partial charge in [-0.3, -0.25) is 29.4 Å². The number of aryl methyl sites for hydroxylation is 1. The van der Waals surface area contributed by atoms with Crippen molar-refractivity contribution in [3.05, 3.63) is 112 Å². The number of pyridine rings is 4. The molecule has 0 spiro atoms. The lowest BCUT2D eigenvalue weighted by Gasteiger charge is -2.15. The molecule has 0 saturated carbocycles. The van der Waals surface area contributed by atoms with Gasteiger partial charge in [0.05, 0.1) is 17.5 Å². The van der Waals surface area contributed by atoms with Crippen LogP contribution >= 0.6 is 0 Å². The van der Waals surface area contributed by atoms with Crippen molar-refractivity contribution in [2.24, 2.45) is 0 Å². The molecule has 0 aliphatic carbocycles. The number of fused-ring (bicyclic) bond motifs is 2. The number of hydrogen-bond acceptors (Lipinski definition) is 6. The molecule has 5 heterocycles. The normalized spacial score (nSPS) is 11.1. The summed E-state index contributed by atoms with van der Waals surface area (Å²) in [5.74, 6) is -0.454. The van der Waals surface area contributed by atoms with Crippen LogP contribution in [-0.2, 0) is 13.1 Å². The molecule has 0 atom stereocenters. The summed E-state index contributed by atoms with van der Waals surface area (Å²) < 4.78 is 3.05. The van der Waals surface area contributed by atoms with Crippen LogP contribution in [0.1, 0.15) is 27.0 Å². The Bertz CT molecular complexity index is 1640. The molecule has 5 rings (SSSR count). The highest BCUT2D eigenvalue weighted by atomic mass is 16.1. The van der Waals surface area contributed by atoms with E-state index in [1.807, 2.05) is 25.1 Å². The van der Waals surface area contributed by atoms with E-state index < -0.39 is 5.91 Å². The van der Waals surface area contributed by atoms with Crippen molar-refractivity contribution in [1.82, 2.24) is 29.2 Å². The van der Waals surface area contributed by atoms with Gasteiger partial charge in [0.15, 0.2) is 0 Å². The van der Waals surface area contributed by atoms with Gasteiger partial charge in [-0.15, -0.1) is 0 Å². The molecule has 9 heteroatoms. The van der Waals surface area contributed by atoms with Crippen molar-refractivity contribution < 1.29 is 4.79 Å². The molecule has 1 amide bonds. The van der Waals surface area contributed by atoms with Crippen LogP contribution in [0.2, 0.25) is 0 Å². The minimum atomic E-state index is -0.454. The molecule has 5 aromatic rings. The van der Waals surface area contributed by atoms with Crippen LogP contribution < -0.4 is 16.4 Å². The van der Waals surface area contributed by atoms with Crippen LogP contribution in [0.3, 0.4) is 0 Å². The number of nitrogens with zero attached hydrogens (tertiary/aromatic N) is 5. The fourth-order valence-electron chi connectivity index (χ4n) is 3.88. The van der Waals surface area contributed by atoms with E-state index in [0.717, 1.165) is 16.7 Å². The number of carbonyl (C=O) groups is 1. The molecule has 0 radical (unpaired) electrons. The minimum absolute atomic E-state index is 0.0372. The Balaban J connectivity index is 1.70. The Morgan fingerprint density at radius 2 is 1.76 bits per heavy atom. The molecule has 34 heavy (non-hydrogen) atoms. The average molecular weight is 451 g/mol. The predicted molar refractivity (Wildman–Crippen MR) is 126 cm³/mol. The van der Waals surface area contributed by atoms with Crippen LogP contribution in [0.25, 0.3) is 16.7 Å². The Labute approximate surface area is 193 Å². The number of carbonyl (C=O) groups excluding carboxylic acids is 1. The topological polar surface area (TPSA) is 118 Å². The summed E-state index contributed by atoms with van der Waals surface area (Å²) in [6, 6.07) is 12.4. The van der Waals surface area contributed by atoms with Crippen molar-refractivity contribution in [1.29, 1.82) is 5.41 Å². The molecule has 0 bridgehead atoms. The summed E-state index contributed by atoms with van der Waals surface area (Å²) in [6.45, 7) is 2.36. The molecule has 0 aromatic carbocycles. The fraction of sp³-hybridized carbons (Fsp3) is 0.120. The van der Waals surface area contributed by atoms with Gasteiger partial charge in [-0.2, -0.15) is 0 Å². The van der Waals surface area contributed by atoms with Gasteiger partial charge in [0, 0.05) is 37.5 Å². The minimum Gasteiger partial charge on any atom is -0.348 e. The van der Waals surface area contributed by atoms with Gasteiger partial charge in [-0.25, -0.2) is 4.98 Å². The van der Waals surface area contributed by atoms with Gasteiger partial charge in [0.2, 0.25) is 0 Å². The molecule has 5 aromatic heterocycles. The summed E-state index contributed by atoms with van der Waals surface area (Å²) in [5, 5.41) is 11.9. The Kier molecular flexibility index (Phi) is 5.43. The number of rotatable bonds is 5. The second kappa shape index (κ2) is 8.70. The highest BCUT2D eigenvalue weighted by Gasteiger charge is 2.18. The van der Waals surface area contributed by atoms with Crippen molar-refractivity contribution in [3.8, 4) is 0 Å². The molecule has 9 nitrogen and oxygen atoms in total. The quantitative estimate of drug-likeness (QED) is 0.397. The predicted octanol–water partition coefficient (Wildman–Crippen LogP) is 2.21. The molecule has 0 aliphatic rings. The molecule has 0 fully saturated rings. The molecular formula is C25H21N7O2. The molecule has 0 saturated heterocycles. The number of nitrogens with one attached hydrogen (secondary N) is 2. The maximum Gasteiger partial charge on any atom is 0.267 e. The van der Waals surface area contributed by atoms with Gasteiger partial charge in [0.1, 0.15) is 16.8 Å². The zero-order chi connectivity index (χ0) is 23.7. The molecule has 0 unspecified atom stereocenters. The Hall–Kier alpha value is -4.66. The van der Waals surface area contributed by atoms with E-state index in [-0.39, 0.29) is 35.1 Å². The maximum absolute atomic E-state index is 13.4. The van der Waals surface area contributed by atoms with Crippen LogP contribution in [0.4, 0.5) is 0 Å². The molecule has 2 N–H and O–H groups in total. The van der Waals surface area contributed by atoms with Crippen LogP contribution in [0.15, 0.2) is 78.2 Å². The zero-order valence-corrected chi connectivity index (χ0v) is 18.4. The second-order valence-corrected chi connectivity index (χ2v) is 7.94. The summed E-state index contributed by atoms with van der Waals surface area (Å²) in [6.07, 6.45) is 8.32. The summed E-state index contributed by atoms with van der Waals surface area (Å²) in [7, 11) is 0. The van der Waals surface area contributed by atoms with Crippen molar-refractivity contribution >= 4 is 22.6 Å². The van der Waals surface area contributed by atoms with Gasteiger partial charge >= 0.3 is 0 Å². The van der Waals surface area contributed by atoms with Crippen LogP contribution in [0.5, 0.6) is 0 Å². The second-order valence-electron chi connectivity index (χ2n) is 7.94. The van der Waals surface area contributed by atoms with Crippen molar-refractivity contribution in [3.63, 3.8) is 0 Å². The van der Waals surface area contributed by atoms with Gasteiger partial charge in [-0.05, 0) is 47.9 Å². The summed E-state index contributed by atoms with van der Waals surface area (Å²) >= 11 is 0. The van der Waals surface area contributed by atoms with E-state index in [0.29, 0.717) is 11.3 Å². The monoisotopic (exact) mass is 451 g/mol. The first kappa shape index (κ1) is 21.2. The Morgan fingerprint density at radius 3 is 2.47 bits per heavy atom. The maximum atomic E-state index is 13.4. The van der Waals surface area contributed by atoms with Crippen LogP contribution in [-0.4, -0.2) is 29.8 Å². The molecule has 0 aliphatic heterocycles. The van der Waals surface area contributed by atoms with E-state index in [1.54, 1.807) is 53.8 Å². The SMILES string of the molecule is Cc1cccn2c(=O)c3cc(C(=O)NCc4cccnc4)c(=N)n(Cc4cccnc4)c3nc12. The fourth-order valence-corrected chi connectivity index (χ4v) is 3.88. The van der Waals surface area contributed by atoms with E-state index in [1.165, 1.54) is 10.5 Å². The standard InChI is InChI=1S/C25H21N7O2/c1-16-5-4-10-31-22(16)30-23-20(25(31)34)11-19(24(33)29-14-17-6-2-8-27-12-17)21(26)32(23)15-18-7-3-9-28-13-18/h2-13,26H,14-15H2,1H3,(H,29,33). The van der Waals surface area contributed by atoms with E-state index in [9.17, 15) is 9.59 Å². The third-order valence-corrected chi connectivity index (χ3v) is 5.62. The largest absolute Gasteiger partial charge is 0.348 e. The summed E-state index contributed by atoms with van der Waals surface area (Å²) in [5.41, 5.74) is 3.09. The summed E-state index contributed by atoms with van der Waals surface area (Å²) in [4.78, 5) is 39.4.